The van der Waals surface area contributed by atoms with Gasteiger partial charge in [-0.1, -0.05) is 11.3 Å². The molecular formula is C10H10N2O2S3. The lowest BCUT2D eigenvalue weighted by atomic mass is 10.4. The molecule has 2 aromatic rings. The van der Waals surface area contributed by atoms with Gasteiger partial charge < -0.3 is 5.11 Å². The highest BCUT2D eigenvalue weighted by Gasteiger charge is 2.16. The van der Waals surface area contributed by atoms with E-state index in [-0.39, 0.29) is 0 Å². The van der Waals surface area contributed by atoms with Gasteiger partial charge in [0.25, 0.3) is 0 Å². The van der Waals surface area contributed by atoms with Gasteiger partial charge in [0.15, 0.2) is 8.68 Å². The first-order valence-electron chi connectivity index (χ1n) is 4.80. The van der Waals surface area contributed by atoms with Gasteiger partial charge in [0.1, 0.15) is 4.88 Å². The highest BCUT2D eigenvalue weighted by atomic mass is 32.2. The third-order valence-electron chi connectivity index (χ3n) is 2.15. The number of hydrogen-bond donors (Lipinski definition) is 1. The Balaban J connectivity index is 2.24. The van der Waals surface area contributed by atoms with Gasteiger partial charge in [-0.3, -0.25) is 0 Å². The van der Waals surface area contributed by atoms with Gasteiger partial charge >= 0.3 is 5.97 Å². The van der Waals surface area contributed by atoms with E-state index in [1.807, 2.05) is 13.8 Å². The Kier molecular flexibility index (Phi) is 3.50. The van der Waals surface area contributed by atoms with E-state index in [2.05, 4.69) is 9.97 Å². The van der Waals surface area contributed by atoms with Crippen LogP contribution in [-0.4, -0.2) is 21.0 Å². The Bertz CT molecular complexity index is 555. The molecule has 0 fully saturated rings. The number of carboxylic acids is 1. The van der Waals surface area contributed by atoms with Gasteiger partial charge in [-0.2, -0.15) is 0 Å². The number of hydrogen-bond acceptors (Lipinski definition) is 6. The normalized spacial score (nSPS) is 10.8. The molecule has 4 nitrogen and oxygen atoms in total. The molecule has 0 atom stereocenters. The van der Waals surface area contributed by atoms with Crippen molar-refractivity contribution in [2.24, 2.45) is 0 Å². The Morgan fingerprint density at radius 2 is 1.71 bits per heavy atom. The van der Waals surface area contributed by atoms with Crippen molar-refractivity contribution in [3.63, 3.8) is 0 Å². The second-order valence-corrected chi connectivity index (χ2v) is 7.12. The summed E-state index contributed by atoms with van der Waals surface area (Å²) in [6, 6.07) is 0. The first kappa shape index (κ1) is 12.5. The van der Waals surface area contributed by atoms with Crippen LogP contribution in [0.2, 0.25) is 0 Å². The van der Waals surface area contributed by atoms with Crippen molar-refractivity contribution >= 4 is 40.4 Å². The van der Waals surface area contributed by atoms with Gasteiger partial charge in [-0.15, -0.1) is 11.3 Å². The summed E-state index contributed by atoms with van der Waals surface area (Å²) >= 11 is 4.23. The SMILES string of the molecule is Cc1nc(Sc2nc(C)c(C(=O)O)s2)sc1C. The first-order valence-corrected chi connectivity index (χ1v) is 7.25. The zero-order valence-electron chi connectivity index (χ0n) is 9.47. The summed E-state index contributed by atoms with van der Waals surface area (Å²) in [5.41, 5.74) is 1.58. The Labute approximate surface area is 111 Å². The Morgan fingerprint density at radius 1 is 1.12 bits per heavy atom. The van der Waals surface area contributed by atoms with Crippen molar-refractivity contribution in [2.75, 3.05) is 0 Å². The van der Waals surface area contributed by atoms with Crippen LogP contribution in [0, 0.1) is 20.8 Å². The molecule has 0 aliphatic carbocycles. The minimum absolute atomic E-state index is 0.303. The van der Waals surface area contributed by atoms with Crippen LogP contribution in [0.25, 0.3) is 0 Å². The van der Waals surface area contributed by atoms with Crippen molar-refractivity contribution in [2.45, 2.75) is 29.5 Å². The van der Waals surface area contributed by atoms with E-state index in [1.165, 1.54) is 28.0 Å². The fourth-order valence-corrected chi connectivity index (χ4v) is 4.56. The van der Waals surface area contributed by atoms with Gasteiger partial charge in [-0.05, 0) is 32.5 Å². The monoisotopic (exact) mass is 286 g/mol. The molecule has 0 aliphatic heterocycles. The predicted molar refractivity (Wildman–Crippen MR) is 69.5 cm³/mol. The minimum Gasteiger partial charge on any atom is -0.477 e. The molecule has 90 valence electrons. The third-order valence-corrected chi connectivity index (χ3v) is 5.49. The average Bonchev–Trinajstić information content (AvgIpc) is 2.72. The molecule has 0 unspecified atom stereocenters. The second-order valence-electron chi connectivity index (χ2n) is 3.42. The summed E-state index contributed by atoms with van der Waals surface area (Å²) in [5.74, 6) is -0.918. The van der Waals surface area contributed by atoms with Crippen LogP contribution in [0.3, 0.4) is 0 Å². The minimum atomic E-state index is -0.918. The van der Waals surface area contributed by atoms with Gasteiger partial charge in [0.05, 0.1) is 11.4 Å². The van der Waals surface area contributed by atoms with Crippen molar-refractivity contribution < 1.29 is 9.90 Å². The van der Waals surface area contributed by atoms with Gasteiger partial charge in [0.2, 0.25) is 0 Å². The molecule has 7 heteroatoms. The van der Waals surface area contributed by atoms with Gasteiger partial charge in [0, 0.05) is 4.88 Å². The zero-order valence-corrected chi connectivity index (χ0v) is 11.9. The van der Waals surface area contributed by atoms with Crippen LogP contribution < -0.4 is 0 Å². The number of thiazole rings is 2. The number of carbonyl (C=O) groups is 1. The van der Waals surface area contributed by atoms with Crippen LogP contribution in [0.1, 0.15) is 25.9 Å². The number of aromatic nitrogens is 2. The lowest BCUT2D eigenvalue weighted by molar-refractivity contribution is 0.0701. The van der Waals surface area contributed by atoms with E-state index in [0.717, 1.165) is 14.4 Å². The zero-order chi connectivity index (χ0) is 12.6. The topological polar surface area (TPSA) is 63.1 Å². The molecule has 0 saturated heterocycles. The lowest BCUT2D eigenvalue weighted by Gasteiger charge is -1.88. The predicted octanol–water partition coefficient (Wildman–Crippen LogP) is 3.37. The Morgan fingerprint density at radius 3 is 2.18 bits per heavy atom. The second kappa shape index (κ2) is 4.75. The number of aromatic carboxylic acids is 1. The summed E-state index contributed by atoms with van der Waals surface area (Å²) in [4.78, 5) is 21.0. The standard InChI is InChI=1S/C10H10N2O2S3/c1-4-6(3)15-9(11-4)17-10-12-5(2)7(16-10)8(13)14/h1-3H3,(H,13,14). The molecule has 0 aromatic carbocycles. The Hall–Kier alpha value is -0.920. The van der Waals surface area contributed by atoms with E-state index in [1.54, 1.807) is 18.3 Å². The molecule has 0 saturated carbocycles. The molecule has 0 aliphatic rings. The van der Waals surface area contributed by atoms with E-state index >= 15 is 0 Å². The third kappa shape index (κ3) is 2.67. The summed E-state index contributed by atoms with van der Waals surface area (Å²) < 4.78 is 1.64. The summed E-state index contributed by atoms with van der Waals surface area (Å²) in [6.45, 7) is 5.70. The molecule has 2 aromatic heterocycles. The van der Waals surface area contributed by atoms with E-state index in [4.69, 9.17) is 5.11 Å². The number of carboxylic acid groups (broad SMARTS) is 1. The van der Waals surface area contributed by atoms with E-state index < -0.39 is 5.97 Å². The maximum absolute atomic E-state index is 10.9. The first-order chi connectivity index (χ1) is 7.97. The maximum atomic E-state index is 10.9. The van der Waals surface area contributed by atoms with Crippen LogP contribution in [-0.2, 0) is 0 Å². The number of aryl methyl sites for hydroxylation is 3. The summed E-state index contributed by atoms with van der Waals surface area (Å²) in [7, 11) is 0. The maximum Gasteiger partial charge on any atom is 0.347 e. The molecule has 0 spiro atoms. The van der Waals surface area contributed by atoms with E-state index in [9.17, 15) is 4.79 Å². The number of rotatable bonds is 3. The van der Waals surface area contributed by atoms with Crippen LogP contribution in [0.15, 0.2) is 8.68 Å². The van der Waals surface area contributed by atoms with E-state index in [0.29, 0.717) is 10.6 Å². The largest absolute Gasteiger partial charge is 0.477 e. The van der Waals surface area contributed by atoms with Crippen molar-refractivity contribution in [1.82, 2.24) is 9.97 Å². The fraction of sp³-hybridized carbons (Fsp3) is 0.300. The number of nitrogens with zero attached hydrogens (tertiary/aromatic N) is 2. The highest BCUT2D eigenvalue weighted by molar-refractivity contribution is 8.02. The smallest absolute Gasteiger partial charge is 0.347 e. The van der Waals surface area contributed by atoms with Crippen LogP contribution >= 0.6 is 34.4 Å². The van der Waals surface area contributed by atoms with Crippen molar-refractivity contribution in [3.05, 3.63) is 21.1 Å². The highest BCUT2D eigenvalue weighted by Crippen LogP contribution is 2.35. The quantitative estimate of drug-likeness (QED) is 0.937. The lowest BCUT2D eigenvalue weighted by Crippen LogP contribution is -1.94. The summed E-state index contributed by atoms with van der Waals surface area (Å²) in [5, 5.41) is 8.94. The van der Waals surface area contributed by atoms with Crippen molar-refractivity contribution in [1.29, 1.82) is 0 Å². The molecule has 0 radical (unpaired) electrons. The molecule has 1 N–H and O–H groups in total. The molecule has 0 bridgehead atoms. The van der Waals surface area contributed by atoms with Crippen LogP contribution in [0.4, 0.5) is 0 Å². The molecule has 17 heavy (non-hydrogen) atoms. The summed E-state index contributed by atoms with van der Waals surface area (Å²) in [6.07, 6.45) is 0. The molecule has 2 heterocycles. The fourth-order valence-electron chi connectivity index (χ4n) is 1.18. The van der Waals surface area contributed by atoms with Gasteiger partial charge in [-0.25, -0.2) is 14.8 Å². The molecule has 0 amide bonds. The van der Waals surface area contributed by atoms with Crippen molar-refractivity contribution in [3.8, 4) is 0 Å². The molecule has 2 rings (SSSR count). The van der Waals surface area contributed by atoms with Crippen LogP contribution in [0.5, 0.6) is 0 Å². The molecular weight excluding hydrogens is 276 g/mol. The average molecular weight is 286 g/mol.